The predicted molar refractivity (Wildman–Crippen MR) is 120 cm³/mol. The minimum atomic E-state index is -0.635. The Morgan fingerprint density at radius 3 is 2.59 bits per heavy atom. The third-order valence-corrected chi connectivity index (χ3v) is 4.82. The highest BCUT2D eigenvalue weighted by atomic mass is 16.6. The van der Waals surface area contributed by atoms with E-state index >= 15 is 0 Å². The first-order valence-corrected chi connectivity index (χ1v) is 10.4. The largest absolute Gasteiger partial charge is 0.494 e. The lowest BCUT2D eigenvalue weighted by molar-refractivity contribution is -0.120. The molecule has 170 valence electrons. The van der Waals surface area contributed by atoms with Crippen LogP contribution in [0, 0.1) is 0 Å². The molecule has 32 heavy (non-hydrogen) atoms. The zero-order valence-electron chi connectivity index (χ0n) is 18.7. The van der Waals surface area contributed by atoms with Crippen LogP contribution in [0.25, 0.3) is 0 Å². The van der Waals surface area contributed by atoms with E-state index in [0.717, 1.165) is 6.42 Å². The van der Waals surface area contributed by atoms with Crippen LogP contribution in [0.3, 0.4) is 0 Å². The van der Waals surface area contributed by atoms with E-state index in [1.54, 1.807) is 57.3 Å². The molecule has 0 unspecified atom stereocenters. The summed E-state index contributed by atoms with van der Waals surface area (Å²) in [5, 5.41) is 5.60. The zero-order chi connectivity index (χ0) is 23.3. The Balaban J connectivity index is 1.68. The smallest absolute Gasteiger partial charge is 0.410 e. The molecule has 1 saturated heterocycles. The number of nitrogens with one attached hydrogen (secondary N) is 2. The number of benzene rings is 1. The Hall–Kier alpha value is -3.62. The fraction of sp³-hybridized carbons (Fsp3) is 0.391. The highest BCUT2D eigenvalue weighted by Gasteiger charge is 2.36. The Morgan fingerprint density at radius 1 is 1.16 bits per heavy atom. The maximum atomic E-state index is 12.9. The first kappa shape index (κ1) is 23.1. The van der Waals surface area contributed by atoms with E-state index in [9.17, 15) is 14.4 Å². The van der Waals surface area contributed by atoms with Crippen LogP contribution in [0.5, 0.6) is 5.75 Å². The lowest BCUT2D eigenvalue weighted by Gasteiger charge is -2.28. The van der Waals surface area contributed by atoms with Crippen LogP contribution in [-0.4, -0.2) is 53.1 Å². The molecule has 1 aromatic carbocycles. The lowest BCUT2D eigenvalue weighted by atomic mass is 10.2. The number of hydrogen-bond donors (Lipinski definition) is 2. The number of hydrogen-bond acceptors (Lipinski definition) is 6. The van der Waals surface area contributed by atoms with Gasteiger partial charge < -0.3 is 20.1 Å². The molecule has 1 aliphatic heterocycles. The van der Waals surface area contributed by atoms with Crippen LogP contribution >= 0.6 is 0 Å². The summed E-state index contributed by atoms with van der Waals surface area (Å²) in [5.74, 6) is -0.245. The topological polar surface area (TPSA) is 110 Å². The van der Waals surface area contributed by atoms with E-state index in [4.69, 9.17) is 9.47 Å². The van der Waals surface area contributed by atoms with Crippen molar-refractivity contribution in [3.63, 3.8) is 0 Å². The Kier molecular flexibility index (Phi) is 6.97. The molecule has 0 aliphatic carbocycles. The second-order valence-corrected chi connectivity index (χ2v) is 8.43. The molecule has 2 aromatic rings. The third-order valence-electron chi connectivity index (χ3n) is 4.82. The first-order valence-electron chi connectivity index (χ1n) is 10.4. The summed E-state index contributed by atoms with van der Waals surface area (Å²) in [4.78, 5) is 43.1. The molecule has 2 N–H and O–H groups in total. The van der Waals surface area contributed by atoms with Crippen molar-refractivity contribution in [3.05, 3.63) is 48.3 Å². The molecule has 1 aromatic heterocycles. The van der Waals surface area contributed by atoms with E-state index < -0.39 is 17.7 Å². The van der Waals surface area contributed by atoms with Crippen LogP contribution in [0.4, 0.5) is 16.2 Å². The van der Waals surface area contributed by atoms with Gasteiger partial charge in [0.2, 0.25) is 5.91 Å². The van der Waals surface area contributed by atoms with Gasteiger partial charge >= 0.3 is 6.09 Å². The lowest BCUT2D eigenvalue weighted by Crippen LogP contribution is -2.45. The van der Waals surface area contributed by atoms with Crippen LogP contribution in [0.15, 0.2) is 42.7 Å². The van der Waals surface area contributed by atoms with Gasteiger partial charge in [-0.25, -0.2) is 4.79 Å². The fourth-order valence-electron chi connectivity index (χ4n) is 3.37. The van der Waals surface area contributed by atoms with Gasteiger partial charge in [0.1, 0.15) is 17.4 Å². The highest BCUT2D eigenvalue weighted by molar-refractivity contribution is 6.05. The van der Waals surface area contributed by atoms with Gasteiger partial charge in [-0.3, -0.25) is 19.5 Å². The summed E-state index contributed by atoms with van der Waals surface area (Å²) in [6.07, 6.45) is 3.83. The molecular weight excluding hydrogens is 412 g/mol. The van der Waals surface area contributed by atoms with Crippen molar-refractivity contribution in [2.75, 3.05) is 24.3 Å². The third kappa shape index (κ3) is 5.75. The van der Waals surface area contributed by atoms with Crippen molar-refractivity contribution in [1.29, 1.82) is 0 Å². The summed E-state index contributed by atoms with van der Waals surface area (Å²) >= 11 is 0. The molecular formula is C23H28N4O5. The van der Waals surface area contributed by atoms with Gasteiger partial charge in [0.15, 0.2) is 0 Å². The van der Waals surface area contributed by atoms with Crippen LogP contribution in [-0.2, 0) is 9.53 Å². The molecule has 0 saturated carbocycles. The molecule has 1 aliphatic rings. The van der Waals surface area contributed by atoms with Crippen molar-refractivity contribution in [2.24, 2.45) is 0 Å². The van der Waals surface area contributed by atoms with Gasteiger partial charge in [-0.2, -0.15) is 0 Å². The number of methoxy groups -OCH3 is 1. The van der Waals surface area contributed by atoms with E-state index in [0.29, 0.717) is 35.7 Å². The molecule has 0 bridgehead atoms. The number of nitrogens with zero attached hydrogens (tertiary/aromatic N) is 2. The molecule has 1 fully saturated rings. The number of carbonyl (C=O) groups excluding carboxylic acids is 3. The second kappa shape index (κ2) is 9.67. The number of ether oxygens (including phenoxy) is 2. The first-order chi connectivity index (χ1) is 15.2. The van der Waals surface area contributed by atoms with Gasteiger partial charge in [0, 0.05) is 30.7 Å². The average Bonchev–Trinajstić information content (AvgIpc) is 3.24. The van der Waals surface area contributed by atoms with E-state index in [1.165, 1.54) is 18.2 Å². The van der Waals surface area contributed by atoms with Crippen molar-refractivity contribution >= 4 is 29.3 Å². The van der Waals surface area contributed by atoms with Crippen molar-refractivity contribution in [1.82, 2.24) is 9.88 Å². The molecule has 9 heteroatoms. The maximum Gasteiger partial charge on any atom is 0.410 e. The number of aromatic nitrogens is 1. The monoisotopic (exact) mass is 440 g/mol. The predicted octanol–water partition coefficient (Wildman–Crippen LogP) is 3.68. The summed E-state index contributed by atoms with van der Waals surface area (Å²) in [6.45, 7) is 5.83. The Labute approximate surface area is 187 Å². The van der Waals surface area contributed by atoms with Crippen LogP contribution < -0.4 is 15.4 Å². The van der Waals surface area contributed by atoms with Crippen molar-refractivity contribution in [2.45, 2.75) is 45.3 Å². The number of amides is 3. The molecule has 0 radical (unpaired) electrons. The second-order valence-electron chi connectivity index (χ2n) is 8.43. The molecule has 2 heterocycles. The molecule has 9 nitrogen and oxygen atoms in total. The van der Waals surface area contributed by atoms with Crippen molar-refractivity contribution in [3.8, 4) is 5.75 Å². The minimum Gasteiger partial charge on any atom is -0.494 e. The fourth-order valence-corrected chi connectivity index (χ4v) is 3.37. The van der Waals surface area contributed by atoms with Gasteiger partial charge in [0.05, 0.1) is 18.4 Å². The minimum absolute atomic E-state index is 0.303. The average molecular weight is 441 g/mol. The molecule has 1 atom stereocenters. The van der Waals surface area contributed by atoms with Gasteiger partial charge in [-0.15, -0.1) is 0 Å². The van der Waals surface area contributed by atoms with E-state index in [2.05, 4.69) is 15.6 Å². The summed E-state index contributed by atoms with van der Waals surface area (Å²) < 4.78 is 10.8. The molecule has 0 spiro atoms. The SMILES string of the molecule is COc1cc(NC(=O)[C@@H]2CCCN2C(=O)OC(C)(C)C)ccc1NC(=O)c1cccnc1. The number of pyridine rings is 1. The zero-order valence-corrected chi connectivity index (χ0v) is 18.7. The normalized spacial score (nSPS) is 15.8. The Bertz CT molecular complexity index is 988. The molecule has 3 amide bonds. The van der Waals surface area contributed by atoms with Crippen molar-refractivity contribution < 1.29 is 23.9 Å². The molecule has 3 rings (SSSR count). The number of likely N-dealkylation sites (tertiary alicyclic amines) is 1. The van der Waals surface area contributed by atoms with Gasteiger partial charge in [-0.05, 0) is 57.9 Å². The summed E-state index contributed by atoms with van der Waals surface area (Å²) in [6, 6.07) is 7.63. The quantitative estimate of drug-likeness (QED) is 0.734. The standard InChI is InChI=1S/C23H28N4O5/c1-23(2,3)32-22(30)27-12-6-8-18(27)21(29)25-16-9-10-17(19(13-16)31-4)26-20(28)15-7-5-11-24-14-15/h5,7,9-11,13-14,18H,6,8,12H2,1-4H3,(H,25,29)(H,26,28)/t18-/m0/s1. The number of anilines is 2. The highest BCUT2D eigenvalue weighted by Crippen LogP contribution is 2.29. The number of rotatable bonds is 5. The number of carbonyl (C=O) groups is 3. The van der Waals surface area contributed by atoms with Gasteiger partial charge in [0.25, 0.3) is 5.91 Å². The van der Waals surface area contributed by atoms with Crippen LogP contribution in [0.1, 0.15) is 44.0 Å². The van der Waals surface area contributed by atoms with E-state index in [1.807, 2.05) is 0 Å². The van der Waals surface area contributed by atoms with E-state index in [-0.39, 0.29) is 11.8 Å². The maximum absolute atomic E-state index is 12.9. The summed E-state index contributed by atoms with van der Waals surface area (Å²) in [7, 11) is 1.47. The van der Waals surface area contributed by atoms with Gasteiger partial charge in [-0.1, -0.05) is 0 Å². The Morgan fingerprint density at radius 2 is 1.94 bits per heavy atom. The van der Waals surface area contributed by atoms with Crippen LogP contribution in [0.2, 0.25) is 0 Å². The summed E-state index contributed by atoms with van der Waals surface area (Å²) in [5.41, 5.74) is 0.720.